The summed E-state index contributed by atoms with van der Waals surface area (Å²) in [6.07, 6.45) is 4.15. The Morgan fingerprint density at radius 2 is 1.74 bits per heavy atom. The number of aryl methyl sites for hydroxylation is 3. The molecule has 3 aromatic rings. The van der Waals surface area contributed by atoms with E-state index < -0.39 is 0 Å². The van der Waals surface area contributed by atoms with E-state index in [0.29, 0.717) is 0 Å². The molecule has 0 fully saturated rings. The van der Waals surface area contributed by atoms with Gasteiger partial charge in [0, 0.05) is 18.7 Å². The number of hydrogen-bond acceptors (Lipinski definition) is 3. The third kappa shape index (κ3) is 2.97. The summed E-state index contributed by atoms with van der Waals surface area (Å²) in [7, 11) is 0. The standard InChI is InChI=1S/C19H20N4/c1-2-7-15(8-3-1)12-13-18-20-19(22-21-18)23-14-6-10-16-9-4-5-11-17(16)23/h1-5,7-9,11H,6,10,12-14H2,(H,20,21,22). The average Bonchev–Trinajstić information content (AvgIpc) is 3.09. The average molecular weight is 304 g/mol. The van der Waals surface area contributed by atoms with Crippen LogP contribution in [0.25, 0.3) is 0 Å². The quantitative estimate of drug-likeness (QED) is 0.800. The number of para-hydroxylation sites is 1. The molecule has 0 unspecified atom stereocenters. The van der Waals surface area contributed by atoms with Crippen LogP contribution in [0.3, 0.4) is 0 Å². The van der Waals surface area contributed by atoms with Crippen LogP contribution in [0.2, 0.25) is 0 Å². The van der Waals surface area contributed by atoms with Gasteiger partial charge in [-0.1, -0.05) is 48.5 Å². The molecule has 0 aliphatic carbocycles. The van der Waals surface area contributed by atoms with E-state index in [2.05, 4.69) is 68.6 Å². The monoisotopic (exact) mass is 304 g/mol. The minimum atomic E-state index is 0.861. The second-order valence-electron chi connectivity index (χ2n) is 5.96. The van der Waals surface area contributed by atoms with E-state index in [-0.39, 0.29) is 0 Å². The highest BCUT2D eigenvalue weighted by Gasteiger charge is 2.20. The molecule has 2 heterocycles. The van der Waals surface area contributed by atoms with Crippen molar-refractivity contribution in [1.82, 2.24) is 15.2 Å². The van der Waals surface area contributed by atoms with Crippen molar-refractivity contribution in [2.75, 3.05) is 11.4 Å². The lowest BCUT2D eigenvalue weighted by Gasteiger charge is -2.28. The smallest absolute Gasteiger partial charge is 0.229 e. The number of nitrogens with one attached hydrogen (secondary N) is 1. The van der Waals surface area contributed by atoms with Crippen LogP contribution in [-0.4, -0.2) is 21.7 Å². The zero-order valence-corrected chi connectivity index (χ0v) is 13.1. The van der Waals surface area contributed by atoms with Gasteiger partial charge in [0.2, 0.25) is 5.95 Å². The molecule has 1 N–H and O–H groups in total. The summed E-state index contributed by atoms with van der Waals surface area (Å²) in [6, 6.07) is 19.1. The topological polar surface area (TPSA) is 44.8 Å². The fourth-order valence-electron chi connectivity index (χ4n) is 3.18. The summed E-state index contributed by atoms with van der Waals surface area (Å²) >= 11 is 0. The normalized spacial score (nSPS) is 13.8. The van der Waals surface area contributed by atoms with E-state index in [1.807, 2.05) is 6.07 Å². The van der Waals surface area contributed by atoms with E-state index in [4.69, 9.17) is 0 Å². The Morgan fingerprint density at radius 3 is 2.65 bits per heavy atom. The molecular formula is C19H20N4. The van der Waals surface area contributed by atoms with Gasteiger partial charge >= 0.3 is 0 Å². The third-order valence-electron chi connectivity index (χ3n) is 4.38. The number of rotatable bonds is 4. The number of H-pyrrole nitrogens is 1. The van der Waals surface area contributed by atoms with Gasteiger partial charge < -0.3 is 9.88 Å². The maximum Gasteiger partial charge on any atom is 0.229 e. The van der Waals surface area contributed by atoms with Crippen LogP contribution in [-0.2, 0) is 19.3 Å². The summed E-state index contributed by atoms with van der Waals surface area (Å²) in [5, 5.41) is 8.70. The number of fused-ring (bicyclic) bond motifs is 1. The largest absolute Gasteiger partial charge is 0.311 e. The third-order valence-corrected chi connectivity index (χ3v) is 4.38. The van der Waals surface area contributed by atoms with Crippen LogP contribution in [0.4, 0.5) is 11.6 Å². The van der Waals surface area contributed by atoms with Crippen LogP contribution >= 0.6 is 0 Å². The highest BCUT2D eigenvalue weighted by molar-refractivity contribution is 5.63. The zero-order valence-electron chi connectivity index (χ0n) is 13.1. The molecule has 0 spiro atoms. The number of benzene rings is 2. The molecule has 0 saturated carbocycles. The van der Waals surface area contributed by atoms with Crippen molar-refractivity contribution in [3.05, 3.63) is 71.5 Å². The van der Waals surface area contributed by atoms with Gasteiger partial charge in [0.05, 0.1) is 0 Å². The van der Waals surface area contributed by atoms with Gasteiger partial charge in [-0.2, -0.15) is 0 Å². The Morgan fingerprint density at radius 1 is 0.913 bits per heavy atom. The lowest BCUT2D eigenvalue weighted by atomic mass is 10.0. The first kappa shape index (κ1) is 14.0. The highest BCUT2D eigenvalue weighted by atomic mass is 15.4. The fourth-order valence-corrected chi connectivity index (χ4v) is 3.18. The van der Waals surface area contributed by atoms with E-state index >= 15 is 0 Å². The highest BCUT2D eigenvalue weighted by Crippen LogP contribution is 2.31. The summed E-state index contributed by atoms with van der Waals surface area (Å²) < 4.78 is 0. The molecule has 1 aliphatic heterocycles. The molecule has 0 atom stereocenters. The van der Waals surface area contributed by atoms with Gasteiger partial charge in [-0.15, -0.1) is 10.2 Å². The first-order valence-electron chi connectivity index (χ1n) is 8.21. The van der Waals surface area contributed by atoms with Crippen LogP contribution in [0.1, 0.15) is 23.4 Å². The molecule has 0 saturated heterocycles. The van der Waals surface area contributed by atoms with E-state index in [9.17, 15) is 0 Å². The minimum absolute atomic E-state index is 0.861. The molecular weight excluding hydrogens is 284 g/mol. The molecule has 0 amide bonds. The van der Waals surface area contributed by atoms with Crippen molar-refractivity contribution in [2.45, 2.75) is 25.7 Å². The SMILES string of the molecule is c1ccc(CCc2nnc(N3CCCc4ccccc43)[nH]2)cc1. The predicted molar refractivity (Wildman–Crippen MR) is 92.0 cm³/mol. The van der Waals surface area contributed by atoms with Crippen molar-refractivity contribution in [2.24, 2.45) is 0 Å². The maximum atomic E-state index is 4.37. The van der Waals surface area contributed by atoms with Crippen molar-refractivity contribution < 1.29 is 0 Å². The van der Waals surface area contributed by atoms with Crippen LogP contribution in [0.15, 0.2) is 54.6 Å². The molecule has 1 aliphatic rings. The van der Waals surface area contributed by atoms with Crippen LogP contribution < -0.4 is 4.90 Å². The lowest BCUT2D eigenvalue weighted by molar-refractivity contribution is 0.751. The van der Waals surface area contributed by atoms with Gasteiger partial charge in [0.15, 0.2) is 0 Å². The molecule has 0 bridgehead atoms. The molecule has 1 aromatic heterocycles. The Kier molecular flexibility index (Phi) is 3.80. The first-order chi connectivity index (χ1) is 11.4. The van der Waals surface area contributed by atoms with Gasteiger partial charge in [-0.3, -0.25) is 0 Å². The van der Waals surface area contributed by atoms with E-state index in [0.717, 1.165) is 44.0 Å². The Bertz CT molecular complexity index is 779. The van der Waals surface area contributed by atoms with E-state index in [1.165, 1.54) is 16.8 Å². The summed E-state index contributed by atoms with van der Waals surface area (Å²) in [5.74, 6) is 1.81. The predicted octanol–water partition coefficient (Wildman–Crippen LogP) is 3.67. The van der Waals surface area contributed by atoms with Crippen molar-refractivity contribution >= 4 is 11.6 Å². The van der Waals surface area contributed by atoms with Gasteiger partial charge in [-0.05, 0) is 36.5 Å². The van der Waals surface area contributed by atoms with Crippen LogP contribution in [0.5, 0.6) is 0 Å². The molecule has 4 nitrogen and oxygen atoms in total. The minimum Gasteiger partial charge on any atom is -0.311 e. The number of hydrogen-bond donors (Lipinski definition) is 1. The number of aromatic amines is 1. The van der Waals surface area contributed by atoms with Gasteiger partial charge in [0.1, 0.15) is 5.82 Å². The number of nitrogens with zero attached hydrogens (tertiary/aromatic N) is 3. The lowest BCUT2D eigenvalue weighted by Crippen LogP contribution is -2.25. The first-order valence-corrected chi connectivity index (χ1v) is 8.21. The number of anilines is 2. The summed E-state index contributed by atoms with van der Waals surface area (Å²) in [6.45, 7) is 0.990. The van der Waals surface area contributed by atoms with Crippen molar-refractivity contribution in [1.29, 1.82) is 0 Å². The van der Waals surface area contributed by atoms with Crippen LogP contribution in [0, 0.1) is 0 Å². The van der Waals surface area contributed by atoms with Gasteiger partial charge in [-0.25, -0.2) is 0 Å². The second kappa shape index (κ2) is 6.24. The molecule has 116 valence electrons. The zero-order chi connectivity index (χ0) is 15.5. The molecule has 4 rings (SSSR count). The van der Waals surface area contributed by atoms with Crippen molar-refractivity contribution in [3.63, 3.8) is 0 Å². The molecule has 0 radical (unpaired) electrons. The summed E-state index contributed by atoms with van der Waals surface area (Å²) in [5.41, 5.74) is 3.97. The second-order valence-corrected chi connectivity index (χ2v) is 5.96. The fraction of sp³-hybridized carbons (Fsp3) is 0.263. The molecule has 23 heavy (non-hydrogen) atoms. The Balaban J connectivity index is 1.50. The molecule has 4 heteroatoms. The molecule has 2 aromatic carbocycles. The number of aromatic nitrogens is 3. The van der Waals surface area contributed by atoms with Gasteiger partial charge in [0.25, 0.3) is 0 Å². The summed E-state index contributed by atoms with van der Waals surface area (Å²) in [4.78, 5) is 5.65. The Hall–Kier alpha value is -2.62. The van der Waals surface area contributed by atoms with E-state index in [1.54, 1.807) is 0 Å². The Labute approximate surface area is 136 Å². The maximum absolute atomic E-state index is 4.37. The van der Waals surface area contributed by atoms with Crippen molar-refractivity contribution in [3.8, 4) is 0 Å².